The molecule has 0 atom stereocenters. The fraction of sp³-hybridized carbons (Fsp3) is 0.0638. The van der Waals surface area contributed by atoms with E-state index in [-0.39, 0.29) is 11.2 Å². The Bertz CT molecular complexity index is 2530. The molecule has 0 saturated heterocycles. The van der Waals surface area contributed by atoms with Gasteiger partial charge < -0.3 is 10.0 Å². The third-order valence-corrected chi connectivity index (χ3v) is 10.2. The number of anilines is 6. The lowest BCUT2D eigenvalue weighted by molar-refractivity contribution is 0.481. The first kappa shape index (κ1) is 31.3. The molecule has 1 N–H and O–H groups in total. The van der Waals surface area contributed by atoms with E-state index in [2.05, 4.69) is 103 Å². The van der Waals surface area contributed by atoms with E-state index in [0.717, 1.165) is 56.3 Å². The minimum atomic E-state index is -0.250. The molecule has 0 radical (unpaired) electrons. The average Bonchev–Trinajstić information content (AvgIpc) is 3.20. The smallest absolute Gasteiger partial charge is 0.166 e. The van der Waals surface area contributed by atoms with Crippen LogP contribution in [-0.4, -0.2) is 15.1 Å². The Labute approximate surface area is 303 Å². The van der Waals surface area contributed by atoms with Gasteiger partial charge in [-0.3, -0.25) is 4.90 Å². The number of nitrogens with zero attached hydrogens (tertiary/aromatic N) is 4. The molecule has 1 aliphatic heterocycles. The van der Waals surface area contributed by atoms with Crippen molar-refractivity contribution < 1.29 is 5.11 Å². The maximum absolute atomic E-state index is 12.0. The van der Waals surface area contributed by atoms with Crippen LogP contribution in [0.3, 0.4) is 0 Å². The van der Waals surface area contributed by atoms with Crippen LogP contribution < -0.4 is 9.80 Å². The summed E-state index contributed by atoms with van der Waals surface area (Å²) in [5.41, 5.74) is 11.4. The van der Waals surface area contributed by atoms with E-state index in [9.17, 15) is 5.11 Å². The molecule has 0 saturated carbocycles. The van der Waals surface area contributed by atoms with Gasteiger partial charge in [0.25, 0.3) is 0 Å². The summed E-state index contributed by atoms with van der Waals surface area (Å²) >= 11 is 0. The first-order valence-corrected chi connectivity index (χ1v) is 17.6. The second kappa shape index (κ2) is 12.6. The second-order valence-electron chi connectivity index (χ2n) is 13.7. The molecule has 250 valence electrons. The highest BCUT2D eigenvalue weighted by atomic mass is 16.3. The summed E-state index contributed by atoms with van der Waals surface area (Å²) in [4.78, 5) is 14.4. The van der Waals surface area contributed by atoms with Crippen LogP contribution in [-0.2, 0) is 5.41 Å². The van der Waals surface area contributed by atoms with Crippen LogP contribution in [0.15, 0.2) is 176 Å². The molecular weight excluding hydrogens is 637 g/mol. The lowest BCUT2D eigenvalue weighted by atomic mass is 9.73. The third kappa shape index (κ3) is 5.26. The monoisotopic (exact) mass is 672 g/mol. The van der Waals surface area contributed by atoms with Gasteiger partial charge in [0.15, 0.2) is 5.75 Å². The zero-order chi connectivity index (χ0) is 35.2. The molecule has 52 heavy (non-hydrogen) atoms. The molecule has 0 fully saturated rings. The zero-order valence-electron chi connectivity index (χ0n) is 29.0. The number of hydrogen-bond donors (Lipinski definition) is 1. The standard InChI is InChI=1S/C47H36N4O/c1-47(2)38-20-12-13-21-41(38)51(44-31-34(28-29-48-44)32-14-6-3-7-15-32)43-30-35(22-25-39(43)47)40-26-23-33-24-27-42(46(52)45(33)49-40)50(36-16-8-4-9-17-36)37-18-10-5-11-19-37/h3-31,52H,1-2H3. The summed E-state index contributed by atoms with van der Waals surface area (Å²) in [6, 6.07) is 58.1. The van der Waals surface area contributed by atoms with Crippen molar-refractivity contribution in [1.29, 1.82) is 0 Å². The maximum atomic E-state index is 12.0. The number of phenolic OH excluding ortho intramolecular Hbond substituents is 1. The van der Waals surface area contributed by atoms with Crippen molar-refractivity contribution in [2.24, 2.45) is 0 Å². The molecule has 1 aliphatic rings. The van der Waals surface area contributed by atoms with Gasteiger partial charge in [-0.2, -0.15) is 0 Å². The highest BCUT2D eigenvalue weighted by molar-refractivity contribution is 5.95. The number of benzene rings is 6. The molecule has 0 amide bonds. The summed E-state index contributed by atoms with van der Waals surface area (Å²) in [6.45, 7) is 4.57. The maximum Gasteiger partial charge on any atom is 0.166 e. The molecule has 0 aliphatic carbocycles. The minimum absolute atomic E-state index is 0.128. The van der Waals surface area contributed by atoms with Crippen molar-refractivity contribution in [3.63, 3.8) is 0 Å². The van der Waals surface area contributed by atoms with Crippen LogP contribution in [0.2, 0.25) is 0 Å². The predicted molar refractivity (Wildman–Crippen MR) is 214 cm³/mol. The van der Waals surface area contributed by atoms with Crippen molar-refractivity contribution in [2.45, 2.75) is 19.3 Å². The van der Waals surface area contributed by atoms with Crippen molar-refractivity contribution in [3.05, 3.63) is 187 Å². The van der Waals surface area contributed by atoms with Crippen LogP contribution in [0.25, 0.3) is 33.3 Å². The number of rotatable bonds is 6. The molecule has 5 nitrogen and oxygen atoms in total. The van der Waals surface area contributed by atoms with E-state index in [1.54, 1.807) is 0 Å². The SMILES string of the molecule is CC1(C)c2ccccc2N(c2cc(-c3ccccc3)ccn2)c2cc(-c3ccc4ccc(N(c5ccccc5)c5ccccc5)c(O)c4n3)ccc21. The number of aromatic hydroxyl groups is 1. The highest BCUT2D eigenvalue weighted by Gasteiger charge is 2.37. The Morgan fingerprint density at radius 2 is 1.19 bits per heavy atom. The van der Waals surface area contributed by atoms with Crippen molar-refractivity contribution in [2.75, 3.05) is 9.80 Å². The summed E-state index contributed by atoms with van der Waals surface area (Å²) in [5, 5.41) is 12.8. The summed E-state index contributed by atoms with van der Waals surface area (Å²) in [7, 11) is 0. The summed E-state index contributed by atoms with van der Waals surface area (Å²) < 4.78 is 0. The van der Waals surface area contributed by atoms with Gasteiger partial charge in [-0.15, -0.1) is 0 Å². The van der Waals surface area contributed by atoms with Gasteiger partial charge in [0, 0.05) is 33.9 Å². The van der Waals surface area contributed by atoms with Gasteiger partial charge in [-0.05, 0) is 82.9 Å². The predicted octanol–water partition coefficient (Wildman–Crippen LogP) is 12.2. The molecule has 2 aromatic heterocycles. The number of fused-ring (bicyclic) bond motifs is 3. The van der Waals surface area contributed by atoms with E-state index >= 15 is 0 Å². The average molecular weight is 673 g/mol. The molecule has 6 aromatic carbocycles. The van der Waals surface area contributed by atoms with Crippen molar-refractivity contribution >= 4 is 45.2 Å². The Morgan fingerprint density at radius 3 is 1.92 bits per heavy atom. The van der Waals surface area contributed by atoms with E-state index in [1.165, 1.54) is 11.1 Å². The first-order valence-electron chi connectivity index (χ1n) is 17.6. The molecule has 0 bridgehead atoms. The van der Waals surface area contributed by atoms with E-state index in [1.807, 2.05) is 97.2 Å². The fourth-order valence-electron chi connectivity index (χ4n) is 7.56. The number of para-hydroxylation sites is 3. The Morgan fingerprint density at radius 1 is 0.558 bits per heavy atom. The first-order chi connectivity index (χ1) is 25.5. The Kier molecular flexibility index (Phi) is 7.55. The van der Waals surface area contributed by atoms with Gasteiger partial charge in [0.2, 0.25) is 0 Å². The topological polar surface area (TPSA) is 52.5 Å². The van der Waals surface area contributed by atoms with Crippen LogP contribution >= 0.6 is 0 Å². The lowest BCUT2D eigenvalue weighted by Crippen LogP contribution is -2.31. The molecule has 0 unspecified atom stereocenters. The fourth-order valence-corrected chi connectivity index (χ4v) is 7.56. The van der Waals surface area contributed by atoms with E-state index in [0.29, 0.717) is 11.2 Å². The number of hydrogen-bond acceptors (Lipinski definition) is 5. The largest absolute Gasteiger partial charge is 0.504 e. The van der Waals surface area contributed by atoms with Gasteiger partial charge in [-0.25, -0.2) is 9.97 Å². The van der Waals surface area contributed by atoms with Crippen LogP contribution in [0.1, 0.15) is 25.0 Å². The van der Waals surface area contributed by atoms with Gasteiger partial charge >= 0.3 is 0 Å². The number of phenols is 1. The summed E-state index contributed by atoms with van der Waals surface area (Å²) in [6.07, 6.45) is 1.89. The van der Waals surface area contributed by atoms with Crippen LogP contribution in [0, 0.1) is 0 Å². The van der Waals surface area contributed by atoms with Gasteiger partial charge in [0.1, 0.15) is 11.3 Å². The highest BCUT2D eigenvalue weighted by Crippen LogP contribution is 2.52. The molecule has 9 rings (SSSR count). The van der Waals surface area contributed by atoms with E-state index < -0.39 is 0 Å². The van der Waals surface area contributed by atoms with Crippen molar-refractivity contribution in [1.82, 2.24) is 9.97 Å². The molecule has 3 heterocycles. The Hall–Kier alpha value is -6.72. The van der Waals surface area contributed by atoms with Crippen molar-refractivity contribution in [3.8, 4) is 28.1 Å². The second-order valence-corrected chi connectivity index (χ2v) is 13.7. The van der Waals surface area contributed by atoms with Crippen LogP contribution in [0.4, 0.5) is 34.3 Å². The lowest BCUT2D eigenvalue weighted by Gasteiger charge is -2.41. The third-order valence-electron chi connectivity index (χ3n) is 10.2. The zero-order valence-corrected chi connectivity index (χ0v) is 29.0. The quantitative estimate of drug-likeness (QED) is 0.190. The molecular formula is C47H36N4O. The van der Waals surface area contributed by atoms with Gasteiger partial charge in [0.05, 0.1) is 22.8 Å². The van der Waals surface area contributed by atoms with E-state index in [4.69, 9.17) is 9.97 Å². The Balaban J connectivity index is 1.19. The molecule has 0 spiro atoms. The van der Waals surface area contributed by atoms with Gasteiger partial charge in [-0.1, -0.05) is 123 Å². The number of aromatic nitrogens is 2. The molecule has 5 heteroatoms. The van der Waals surface area contributed by atoms with Crippen LogP contribution in [0.5, 0.6) is 5.75 Å². The number of pyridine rings is 2. The summed E-state index contributed by atoms with van der Waals surface area (Å²) in [5.74, 6) is 0.974. The normalized spacial score (nSPS) is 13.0. The molecule has 8 aromatic rings. The minimum Gasteiger partial charge on any atom is -0.504 e.